The van der Waals surface area contributed by atoms with Gasteiger partial charge in [0.25, 0.3) is 0 Å². The van der Waals surface area contributed by atoms with Crippen LogP contribution in [-0.4, -0.2) is 11.0 Å². The van der Waals surface area contributed by atoms with E-state index in [1.807, 2.05) is 0 Å². The minimum atomic E-state index is -1.16. The van der Waals surface area contributed by atoms with Gasteiger partial charge >= 0.3 is 0 Å². The van der Waals surface area contributed by atoms with E-state index in [1.54, 1.807) is 24.3 Å². The van der Waals surface area contributed by atoms with Crippen molar-refractivity contribution in [3.8, 4) is 0 Å². The number of fused-ring (bicyclic) bond motifs is 1. The van der Waals surface area contributed by atoms with Gasteiger partial charge in [-0.05, 0) is 23.8 Å². The average Bonchev–Trinajstić information content (AvgIpc) is 2.76. The summed E-state index contributed by atoms with van der Waals surface area (Å²) >= 11 is 6.12. The predicted octanol–water partition coefficient (Wildman–Crippen LogP) is 3.06. The molecule has 1 unspecified atom stereocenters. The molecular weight excluding hydrogens is 281 g/mol. The molecule has 2 aromatic carbocycles. The molecule has 0 bridgehead atoms. The number of nitrogens with one attached hydrogen (secondary N) is 1. The number of amides is 1. The van der Waals surface area contributed by atoms with E-state index >= 15 is 0 Å². The summed E-state index contributed by atoms with van der Waals surface area (Å²) < 4.78 is 13.7. The molecule has 1 aliphatic heterocycles. The molecule has 1 heterocycles. The SMILES string of the molecule is O=C1Cc2cc(C(O)c3ccccc3F)c(Cl)cc2N1. The Morgan fingerprint density at radius 3 is 2.75 bits per heavy atom. The summed E-state index contributed by atoms with van der Waals surface area (Å²) in [5.41, 5.74) is 1.95. The number of carbonyl (C=O) groups is 1. The second-order valence-electron chi connectivity index (χ2n) is 4.68. The van der Waals surface area contributed by atoms with Crippen molar-refractivity contribution in [1.82, 2.24) is 0 Å². The normalized spacial score (nSPS) is 14.8. The van der Waals surface area contributed by atoms with Crippen LogP contribution in [0.3, 0.4) is 0 Å². The molecule has 3 nitrogen and oxygen atoms in total. The van der Waals surface area contributed by atoms with Crippen LogP contribution in [-0.2, 0) is 11.2 Å². The van der Waals surface area contributed by atoms with Crippen LogP contribution in [0.15, 0.2) is 36.4 Å². The Labute approximate surface area is 120 Å². The summed E-state index contributed by atoms with van der Waals surface area (Å²) in [7, 11) is 0. The van der Waals surface area contributed by atoms with Gasteiger partial charge in [-0.3, -0.25) is 4.79 Å². The van der Waals surface area contributed by atoms with Crippen molar-refractivity contribution < 1.29 is 14.3 Å². The van der Waals surface area contributed by atoms with Crippen molar-refractivity contribution in [3.05, 3.63) is 63.9 Å². The fourth-order valence-electron chi connectivity index (χ4n) is 2.34. The fraction of sp³-hybridized carbons (Fsp3) is 0.133. The molecule has 2 aromatic rings. The maximum atomic E-state index is 13.7. The van der Waals surface area contributed by atoms with Crippen LogP contribution in [0.5, 0.6) is 0 Å². The monoisotopic (exact) mass is 291 g/mol. The van der Waals surface area contributed by atoms with Gasteiger partial charge in [-0.2, -0.15) is 0 Å². The average molecular weight is 292 g/mol. The van der Waals surface area contributed by atoms with Gasteiger partial charge in [0, 0.05) is 21.8 Å². The Morgan fingerprint density at radius 2 is 2.00 bits per heavy atom. The first-order valence-electron chi connectivity index (χ1n) is 6.11. The fourth-order valence-corrected chi connectivity index (χ4v) is 2.61. The van der Waals surface area contributed by atoms with E-state index in [0.29, 0.717) is 16.3 Å². The third-order valence-electron chi connectivity index (χ3n) is 3.34. The molecule has 0 fully saturated rings. The Bertz CT molecular complexity index is 702. The number of aliphatic hydroxyl groups excluding tert-OH is 1. The Kier molecular flexibility index (Phi) is 3.20. The van der Waals surface area contributed by atoms with Gasteiger partial charge in [-0.1, -0.05) is 29.8 Å². The van der Waals surface area contributed by atoms with E-state index in [2.05, 4.69) is 5.32 Å². The van der Waals surface area contributed by atoms with Gasteiger partial charge < -0.3 is 10.4 Å². The zero-order valence-corrected chi connectivity index (χ0v) is 11.1. The molecule has 0 saturated heterocycles. The molecule has 3 rings (SSSR count). The Balaban J connectivity index is 2.05. The number of anilines is 1. The molecular formula is C15H11ClFNO2. The zero-order chi connectivity index (χ0) is 14.3. The van der Waals surface area contributed by atoms with Crippen molar-refractivity contribution in [3.63, 3.8) is 0 Å². The zero-order valence-electron chi connectivity index (χ0n) is 10.4. The number of aliphatic hydroxyl groups is 1. The Hall–Kier alpha value is -1.91. The lowest BCUT2D eigenvalue weighted by Gasteiger charge is -2.15. The molecule has 0 saturated carbocycles. The molecule has 1 aliphatic rings. The molecule has 0 aliphatic carbocycles. The van der Waals surface area contributed by atoms with Crippen LogP contribution in [0.25, 0.3) is 0 Å². The summed E-state index contributed by atoms with van der Waals surface area (Å²) in [6.07, 6.45) is -0.923. The number of rotatable bonds is 2. The Morgan fingerprint density at radius 1 is 1.25 bits per heavy atom. The number of hydrogen-bond donors (Lipinski definition) is 2. The van der Waals surface area contributed by atoms with E-state index in [0.717, 1.165) is 5.56 Å². The summed E-state index contributed by atoms with van der Waals surface area (Å²) in [5, 5.41) is 13.3. The smallest absolute Gasteiger partial charge is 0.228 e. The first kappa shape index (κ1) is 13.1. The first-order valence-corrected chi connectivity index (χ1v) is 6.48. The highest BCUT2D eigenvalue weighted by molar-refractivity contribution is 6.32. The molecule has 0 spiro atoms. The third-order valence-corrected chi connectivity index (χ3v) is 3.67. The van der Waals surface area contributed by atoms with Gasteiger partial charge in [0.1, 0.15) is 11.9 Å². The van der Waals surface area contributed by atoms with Crippen molar-refractivity contribution in [2.75, 3.05) is 5.32 Å². The lowest BCUT2D eigenvalue weighted by molar-refractivity contribution is -0.115. The van der Waals surface area contributed by atoms with Crippen LogP contribution in [0.2, 0.25) is 5.02 Å². The first-order chi connectivity index (χ1) is 9.56. The number of carbonyl (C=O) groups excluding carboxylic acids is 1. The van der Waals surface area contributed by atoms with Crippen molar-refractivity contribution >= 4 is 23.2 Å². The summed E-state index contributed by atoms with van der Waals surface area (Å²) in [6.45, 7) is 0. The standard InChI is InChI=1S/C15H11ClFNO2/c16-11-7-13-8(6-14(19)18-13)5-10(11)15(20)9-3-1-2-4-12(9)17/h1-5,7,15,20H,6H2,(H,18,19). The molecule has 102 valence electrons. The van der Waals surface area contributed by atoms with Gasteiger partial charge in [0.05, 0.1) is 6.42 Å². The van der Waals surface area contributed by atoms with Crippen LogP contribution in [0, 0.1) is 5.82 Å². The number of hydrogen-bond acceptors (Lipinski definition) is 2. The number of halogens is 2. The minimum Gasteiger partial charge on any atom is -0.383 e. The van der Waals surface area contributed by atoms with E-state index in [9.17, 15) is 14.3 Å². The largest absolute Gasteiger partial charge is 0.383 e. The van der Waals surface area contributed by atoms with Gasteiger partial charge in [-0.15, -0.1) is 0 Å². The third kappa shape index (κ3) is 2.17. The maximum Gasteiger partial charge on any atom is 0.228 e. The summed E-state index contributed by atoms with van der Waals surface area (Å²) in [6, 6.07) is 9.22. The van der Waals surface area contributed by atoms with Crippen molar-refractivity contribution in [2.45, 2.75) is 12.5 Å². The van der Waals surface area contributed by atoms with Crippen molar-refractivity contribution in [1.29, 1.82) is 0 Å². The van der Waals surface area contributed by atoms with Gasteiger partial charge in [-0.25, -0.2) is 4.39 Å². The van der Waals surface area contributed by atoms with Crippen molar-refractivity contribution in [2.24, 2.45) is 0 Å². The summed E-state index contributed by atoms with van der Waals surface area (Å²) in [4.78, 5) is 11.3. The van der Waals surface area contributed by atoms with E-state index in [4.69, 9.17) is 11.6 Å². The molecule has 1 amide bonds. The lowest BCUT2D eigenvalue weighted by atomic mass is 9.98. The molecule has 20 heavy (non-hydrogen) atoms. The van der Waals surface area contributed by atoms with Crippen LogP contribution < -0.4 is 5.32 Å². The van der Waals surface area contributed by atoms with Crippen LogP contribution in [0.1, 0.15) is 22.8 Å². The molecule has 2 N–H and O–H groups in total. The quantitative estimate of drug-likeness (QED) is 0.893. The van der Waals surface area contributed by atoms with Crippen LogP contribution >= 0.6 is 11.6 Å². The maximum absolute atomic E-state index is 13.7. The second-order valence-corrected chi connectivity index (χ2v) is 5.09. The van der Waals surface area contributed by atoms with Gasteiger partial charge in [0.15, 0.2) is 0 Å². The number of benzene rings is 2. The van der Waals surface area contributed by atoms with E-state index in [-0.39, 0.29) is 17.9 Å². The lowest BCUT2D eigenvalue weighted by Crippen LogP contribution is -2.04. The molecule has 0 aromatic heterocycles. The van der Waals surface area contributed by atoms with Crippen LogP contribution in [0.4, 0.5) is 10.1 Å². The highest BCUT2D eigenvalue weighted by Gasteiger charge is 2.23. The second kappa shape index (κ2) is 4.89. The molecule has 5 heteroatoms. The van der Waals surface area contributed by atoms with Gasteiger partial charge in [0.2, 0.25) is 5.91 Å². The minimum absolute atomic E-state index is 0.117. The topological polar surface area (TPSA) is 49.3 Å². The van der Waals surface area contributed by atoms with E-state index < -0.39 is 11.9 Å². The molecule has 1 atom stereocenters. The predicted molar refractivity (Wildman–Crippen MR) is 74.2 cm³/mol. The molecule has 0 radical (unpaired) electrons. The highest BCUT2D eigenvalue weighted by atomic mass is 35.5. The van der Waals surface area contributed by atoms with E-state index in [1.165, 1.54) is 12.1 Å². The highest BCUT2D eigenvalue weighted by Crippen LogP contribution is 2.35. The summed E-state index contributed by atoms with van der Waals surface area (Å²) in [5.74, 6) is -0.612.